The van der Waals surface area contributed by atoms with Gasteiger partial charge in [-0.2, -0.15) is 0 Å². The van der Waals surface area contributed by atoms with Crippen molar-refractivity contribution in [1.82, 2.24) is 10.1 Å². The standard InChI is InChI=1S/C18H16N2O9S/c1-18(13(6-16(24)25)20-14(23)7-15(20)30(18,27)28)12-5-11(29-19-12)17(26)8-2-3-9(21)10(22)4-8/h2-5,13,15,21-22H,6-7H2,1H3,(H,24,25)/t13-,15+,18-/m0/s1. The molecule has 2 aliphatic heterocycles. The fraction of sp³-hybridized carbons (Fsp3) is 0.333. The van der Waals surface area contributed by atoms with Gasteiger partial charge in [-0.05, 0) is 25.1 Å². The van der Waals surface area contributed by atoms with Gasteiger partial charge in [0.05, 0.1) is 18.9 Å². The van der Waals surface area contributed by atoms with E-state index in [1.54, 1.807) is 0 Å². The quantitative estimate of drug-likeness (QED) is 0.337. The number of ketones is 1. The summed E-state index contributed by atoms with van der Waals surface area (Å²) in [5.41, 5.74) is -0.240. The highest BCUT2D eigenvalue weighted by atomic mass is 32.2. The number of β-lactam (4-membered cyclic amide) rings is 1. The summed E-state index contributed by atoms with van der Waals surface area (Å²) in [6.07, 6.45) is -0.871. The van der Waals surface area contributed by atoms with Crippen LogP contribution in [-0.2, 0) is 24.2 Å². The number of nitrogens with zero attached hydrogens (tertiary/aromatic N) is 2. The number of carbonyl (C=O) groups is 3. The largest absolute Gasteiger partial charge is 0.504 e. The van der Waals surface area contributed by atoms with Crippen LogP contribution in [0, 0.1) is 0 Å². The third-order valence-electron chi connectivity index (χ3n) is 5.72. The molecule has 3 atom stereocenters. The lowest BCUT2D eigenvalue weighted by Gasteiger charge is -2.37. The van der Waals surface area contributed by atoms with E-state index in [4.69, 9.17) is 4.52 Å². The van der Waals surface area contributed by atoms with Crippen LogP contribution >= 0.6 is 0 Å². The Balaban J connectivity index is 1.76. The number of rotatable bonds is 5. The van der Waals surface area contributed by atoms with Gasteiger partial charge in [0, 0.05) is 11.6 Å². The Bertz CT molecular complexity index is 1200. The Morgan fingerprint density at radius 2 is 1.97 bits per heavy atom. The number of amides is 1. The monoisotopic (exact) mass is 436 g/mol. The van der Waals surface area contributed by atoms with E-state index in [9.17, 15) is 38.1 Å². The molecule has 0 aliphatic carbocycles. The van der Waals surface area contributed by atoms with Crippen LogP contribution in [0.4, 0.5) is 0 Å². The highest BCUT2D eigenvalue weighted by Crippen LogP contribution is 2.52. The molecule has 11 nitrogen and oxygen atoms in total. The van der Waals surface area contributed by atoms with Crippen molar-refractivity contribution in [3.05, 3.63) is 41.3 Å². The second-order valence-corrected chi connectivity index (χ2v) is 9.82. The van der Waals surface area contributed by atoms with E-state index < -0.39 is 61.6 Å². The van der Waals surface area contributed by atoms with Crippen molar-refractivity contribution in [3.63, 3.8) is 0 Å². The van der Waals surface area contributed by atoms with Crippen LogP contribution in [-0.4, -0.2) is 62.9 Å². The number of aromatic nitrogens is 1. The summed E-state index contributed by atoms with van der Waals surface area (Å²) in [7, 11) is -4.06. The summed E-state index contributed by atoms with van der Waals surface area (Å²) < 4.78 is 29.4. The number of carbonyl (C=O) groups excluding carboxylic acids is 2. The fourth-order valence-corrected chi connectivity index (χ4v) is 6.43. The van der Waals surface area contributed by atoms with Crippen LogP contribution in [0.15, 0.2) is 28.8 Å². The predicted molar refractivity (Wildman–Crippen MR) is 97.3 cm³/mol. The highest BCUT2D eigenvalue weighted by molar-refractivity contribution is 7.93. The Labute approximate surface area is 169 Å². The first kappa shape index (κ1) is 19.9. The number of fused-ring (bicyclic) bond motifs is 1. The molecule has 12 heteroatoms. The lowest BCUT2D eigenvalue weighted by Crippen LogP contribution is -2.54. The van der Waals surface area contributed by atoms with Crippen LogP contribution in [0.2, 0.25) is 0 Å². The minimum absolute atomic E-state index is 0.0477. The minimum atomic E-state index is -4.06. The Morgan fingerprint density at radius 3 is 2.57 bits per heavy atom. The van der Waals surface area contributed by atoms with Crippen LogP contribution in [0.3, 0.4) is 0 Å². The molecule has 2 saturated heterocycles. The number of aromatic hydroxyl groups is 2. The average molecular weight is 436 g/mol. The molecule has 0 saturated carbocycles. The maximum atomic E-state index is 13.1. The Kier molecular flexibility index (Phi) is 4.17. The van der Waals surface area contributed by atoms with Gasteiger partial charge < -0.3 is 24.7 Å². The van der Waals surface area contributed by atoms with E-state index in [-0.39, 0.29) is 23.4 Å². The van der Waals surface area contributed by atoms with E-state index in [0.29, 0.717) is 0 Å². The average Bonchev–Trinajstić information content (AvgIpc) is 3.20. The molecule has 1 amide bonds. The Morgan fingerprint density at radius 1 is 1.27 bits per heavy atom. The van der Waals surface area contributed by atoms with Crippen molar-refractivity contribution < 1.29 is 42.6 Å². The maximum absolute atomic E-state index is 13.1. The number of carboxylic acids is 1. The summed E-state index contributed by atoms with van der Waals surface area (Å²) in [4.78, 5) is 37.0. The van der Waals surface area contributed by atoms with Crippen LogP contribution in [0.1, 0.15) is 41.6 Å². The highest BCUT2D eigenvalue weighted by Gasteiger charge is 2.69. The van der Waals surface area contributed by atoms with Crippen LogP contribution in [0.25, 0.3) is 0 Å². The number of carboxylic acid groups (broad SMARTS) is 1. The van der Waals surface area contributed by atoms with Gasteiger partial charge in [-0.25, -0.2) is 8.42 Å². The van der Waals surface area contributed by atoms with Gasteiger partial charge in [0.2, 0.25) is 17.5 Å². The second kappa shape index (κ2) is 6.29. The van der Waals surface area contributed by atoms with Gasteiger partial charge in [0.1, 0.15) is 15.8 Å². The number of benzene rings is 1. The number of aliphatic carboxylic acids is 1. The van der Waals surface area contributed by atoms with Gasteiger partial charge >= 0.3 is 5.97 Å². The molecule has 3 N–H and O–H groups in total. The molecule has 2 aromatic rings. The van der Waals surface area contributed by atoms with Crippen molar-refractivity contribution in [3.8, 4) is 11.5 Å². The third kappa shape index (κ3) is 2.53. The number of sulfone groups is 1. The zero-order valence-electron chi connectivity index (χ0n) is 15.5. The molecule has 2 fully saturated rings. The van der Waals surface area contributed by atoms with Crippen molar-refractivity contribution in [2.45, 2.75) is 35.9 Å². The number of phenolic OH excluding ortho intramolecular Hbond substituents is 2. The first-order valence-electron chi connectivity index (χ1n) is 8.78. The molecule has 0 bridgehead atoms. The smallest absolute Gasteiger partial charge is 0.305 e. The molecule has 2 aliphatic rings. The van der Waals surface area contributed by atoms with Crippen molar-refractivity contribution in [2.75, 3.05) is 0 Å². The van der Waals surface area contributed by atoms with E-state index in [1.807, 2.05) is 0 Å². The van der Waals surface area contributed by atoms with Crippen molar-refractivity contribution in [1.29, 1.82) is 0 Å². The molecular formula is C18H16N2O9S. The second-order valence-electron chi connectivity index (χ2n) is 7.33. The predicted octanol–water partition coefficient (Wildman–Crippen LogP) is 0.362. The number of hydrogen-bond acceptors (Lipinski definition) is 9. The normalized spacial score (nSPS) is 26.8. The minimum Gasteiger partial charge on any atom is -0.504 e. The lowest BCUT2D eigenvalue weighted by atomic mass is 9.90. The first-order chi connectivity index (χ1) is 14.0. The zero-order valence-corrected chi connectivity index (χ0v) is 16.3. The molecular weight excluding hydrogens is 420 g/mol. The first-order valence-corrected chi connectivity index (χ1v) is 10.3. The van der Waals surface area contributed by atoms with Gasteiger partial charge in [-0.3, -0.25) is 14.4 Å². The molecule has 1 aromatic heterocycles. The third-order valence-corrected chi connectivity index (χ3v) is 8.49. The molecule has 3 heterocycles. The number of hydrogen-bond donors (Lipinski definition) is 3. The van der Waals surface area contributed by atoms with Gasteiger partial charge in [-0.1, -0.05) is 5.16 Å². The van der Waals surface area contributed by atoms with Crippen molar-refractivity contribution in [2.24, 2.45) is 0 Å². The summed E-state index contributed by atoms with van der Waals surface area (Å²) >= 11 is 0. The van der Waals surface area contributed by atoms with E-state index >= 15 is 0 Å². The summed E-state index contributed by atoms with van der Waals surface area (Å²) in [5, 5.41) is 30.8. The molecule has 30 heavy (non-hydrogen) atoms. The SMILES string of the molecule is C[C@]1(c2cc(C(=O)c3ccc(O)c(O)c3)on2)[C@H](CC(=O)O)N2C(=O)C[C@H]2S1(=O)=O. The fourth-order valence-electron chi connectivity index (χ4n) is 3.97. The molecule has 0 spiro atoms. The van der Waals surface area contributed by atoms with Crippen LogP contribution < -0.4 is 0 Å². The molecule has 4 rings (SSSR count). The number of phenols is 2. The topological polar surface area (TPSA) is 175 Å². The lowest BCUT2D eigenvalue weighted by molar-refractivity contribution is -0.148. The van der Waals surface area contributed by atoms with Gasteiger partial charge in [0.15, 0.2) is 21.3 Å². The molecule has 0 unspecified atom stereocenters. The van der Waals surface area contributed by atoms with Gasteiger partial charge in [-0.15, -0.1) is 0 Å². The van der Waals surface area contributed by atoms with Crippen molar-refractivity contribution >= 4 is 27.5 Å². The summed E-state index contributed by atoms with van der Waals surface area (Å²) in [6, 6.07) is 3.21. The molecule has 0 radical (unpaired) electrons. The maximum Gasteiger partial charge on any atom is 0.305 e. The van der Waals surface area contributed by atoms with E-state index in [0.717, 1.165) is 23.1 Å². The Hall–Kier alpha value is -3.41. The van der Waals surface area contributed by atoms with E-state index in [1.165, 1.54) is 13.0 Å². The van der Waals surface area contributed by atoms with Crippen LogP contribution in [0.5, 0.6) is 11.5 Å². The molecule has 158 valence electrons. The van der Waals surface area contributed by atoms with E-state index in [2.05, 4.69) is 5.16 Å². The molecule has 1 aromatic carbocycles. The van der Waals surface area contributed by atoms with Gasteiger partial charge in [0.25, 0.3) is 0 Å². The summed E-state index contributed by atoms with van der Waals surface area (Å²) in [5.74, 6) is -3.81. The zero-order chi connectivity index (χ0) is 22.0. The summed E-state index contributed by atoms with van der Waals surface area (Å²) in [6.45, 7) is 1.26.